The van der Waals surface area contributed by atoms with Crippen molar-refractivity contribution < 1.29 is 18.7 Å². The zero-order valence-electron chi connectivity index (χ0n) is 12.8. The molecule has 0 saturated carbocycles. The molecule has 0 aliphatic rings. The molecule has 0 aliphatic carbocycles. The van der Waals surface area contributed by atoms with Crippen molar-refractivity contribution >= 4 is 34.1 Å². The lowest BCUT2D eigenvalue weighted by atomic mass is 10.1. The molecule has 7 heteroatoms. The highest BCUT2D eigenvalue weighted by Crippen LogP contribution is 2.25. The Morgan fingerprint density at radius 3 is 2.92 bits per heavy atom. The zero-order chi connectivity index (χ0) is 17.1. The minimum absolute atomic E-state index is 0.0273. The number of hydrogen-bond acceptors (Lipinski definition) is 4. The number of benzene rings is 1. The maximum absolute atomic E-state index is 13.5. The Balaban J connectivity index is 1.87. The van der Waals surface area contributed by atoms with Gasteiger partial charge in [0.05, 0.1) is 25.1 Å². The fraction of sp³-hybridized carbons (Fsp3) is 0.176. The van der Waals surface area contributed by atoms with E-state index in [0.29, 0.717) is 16.5 Å². The van der Waals surface area contributed by atoms with Gasteiger partial charge in [0.15, 0.2) is 0 Å². The fourth-order valence-corrected chi connectivity index (χ4v) is 3.26. The number of hydrogen-bond donors (Lipinski definition) is 2. The van der Waals surface area contributed by atoms with Crippen LogP contribution in [0.5, 0.6) is 0 Å². The van der Waals surface area contributed by atoms with Crippen LogP contribution in [0.3, 0.4) is 0 Å². The molecule has 0 fully saturated rings. The Labute approximate surface area is 141 Å². The molecule has 0 saturated heterocycles. The number of ether oxygens (including phenoxy) is 1. The molecule has 1 aromatic carbocycles. The highest BCUT2D eigenvalue weighted by molar-refractivity contribution is 7.10. The van der Waals surface area contributed by atoms with Crippen molar-refractivity contribution in [3.63, 3.8) is 0 Å². The second-order valence-corrected chi connectivity index (χ2v) is 6.19. The lowest BCUT2D eigenvalue weighted by molar-refractivity contribution is -0.141. The molecule has 0 radical (unpaired) electrons. The molecule has 2 aromatic heterocycles. The SMILES string of the molecule is COC(=O)C[C@H](NC(=O)c1c[nH]c2ccc(F)cc12)c1cccs1. The van der Waals surface area contributed by atoms with Crippen molar-refractivity contribution in [3.8, 4) is 0 Å². The summed E-state index contributed by atoms with van der Waals surface area (Å²) in [5.74, 6) is -1.21. The van der Waals surface area contributed by atoms with E-state index < -0.39 is 17.8 Å². The van der Waals surface area contributed by atoms with Crippen molar-refractivity contribution in [2.45, 2.75) is 12.5 Å². The number of carbonyl (C=O) groups excluding carboxylic acids is 2. The number of aromatic nitrogens is 1. The quantitative estimate of drug-likeness (QED) is 0.696. The molecular weight excluding hydrogens is 331 g/mol. The van der Waals surface area contributed by atoms with Crippen LogP contribution in [0.25, 0.3) is 10.9 Å². The van der Waals surface area contributed by atoms with Gasteiger partial charge in [-0.3, -0.25) is 9.59 Å². The Morgan fingerprint density at radius 2 is 2.21 bits per heavy atom. The fourth-order valence-electron chi connectivity index (χ4n) is 2.48. The summed E-state index contributed by atoms with van der Waals surface area (Å²) < 4.78 is 18.2. The minimum Gasteiger partial charge on any atom is -0.469 e. The number of amides is 1. The second-order valence-electron chi connectivity index (χ2n) is 5.21. The minimum atomic E-state index is -0.497. The monoisotopic (exact) mass is 346 g/mol. The van der Waals surface area contributed by atoms with E-state index in [1.165, 1.54) is 36.8 Å². The maximum atomic E-state index is 13.5. The van der Waals surface area contributed by atoms with Crippen molar-refractivity contribution in [2.75, 3.05) is 7.11 Å². The molecule has 3 aromatic rings. The first-order valence-corrected chi connectivity index (χ1v) is 8.14. The van der Waals surface area contributed by atoms with Gasteiger partial charge in [0, 0.05) is 22.0 Å². The third kappa shape index (κ3) is 3.30. The Hall–Kier alpha value is -2.67. The smallest absolute Gasteiger partial charge is 0.307 e. The van der Waals surface area contributed by atoms with Gasteiger partial charge in [0.25, 0.3) is 5.91 Å². The average Bonchev–Trinajstić information content (AvgIpc) is 3.23. The van der Waals surface area contributed by atoms with Crippen LogP contribution in [0.1, 0.15) is 27.7 Å². The van der Waals surface area contributed by atoms with E-state index >= 15 is 0 Å². The number of fused-ring (bicyclic) bond motifs is 1. The molecule has 0 unspecified atom stereocenters. The van der Waals surface area contributed by atoms with Crippen LogP contribution >= 0.6 is 11.3 Å². The van der Waals surface area contributed by atoms with Gasteiger partial charge in [-0.1, -0.05) is 6.07 Å². The second kappa shape index (κ2) is 6.84. The summed E-state index contributed by atoms with van der Waals surface area (Å²) in [6, 6.07) is 7.40. The molecule has 3 rings (SSSR count). The van der Waals surface area contributed by atoms with E-state index in [9.17, 15) is 14.0 Å². The summed E-state index contributed by atoms with van der Waals surface area (Å²) in [4.78, 5) is 28.0. The van der Waals surface area contributed by atoms with Gasteiger partial charge in [-0.2, -0.15) is 0 Å². The van der Waals surface area contributed by atoms with Gasteiger partial charge in [-0.05, 0) is 29.6 Å². The summed E-state index contributed by atoms with van der Waals surface area (Å²) in [6.07, 6.45) is 1.56. The van der Waals surface area contributed by atoms with Crippen LogP contribution in [-0.2, 0) is 9.53 Å². The molecule has 1 amide bonds. The molecule has 1 atom stereocenters. The highest BCUT2D eigenvalue weighted by atomic mass is 32.1. The number of rotatable bonds is 5. The molecule has 2 N–H and O–H groups in total. The molecule has 0 aliphatic heterocycles. The lowest BCUT2D eigenvalue weighted by Gasteiger charge is -2.16. The average molecular weight is 346 g/mol. The van der Waals surface area contributed by atoms with Gasteiger partial charge >= 0.3 is 5.97 Å². The van der Waals surface area contributed by atoms with E-state index in [4.69, 9.17) is 4.74 Å². The van der Waals surface area contributed by atoms with E-state index in [-0.39, 0.29) is 12.3 Å². The standard InChI is InChI=1S/C17H15FN2O3S/c1-23-16(21)8-14(15-3-2-6-24-15)20-17(22)12-9-19-13-5-4-10(18)7-11(12)13/h2-7,9,14,19H,8H2,1H3,(H,20,22)/t14-/m0/s1. The number of esters is 1. The van der Waals surface area contributed by atoms with Crippen molar-refractivity contribution in [2.24, 2.45) is 0 Å². The van der Waals surface area contributed by atoms with Gasteiger partial charge in [-0.25, -0.2) is 4.39 Å². The van der Waals surface area contributed by atoms with Crippen molar-refractivity contribution in [3.05, 3.63) is 58.2 Å². The van der Waals surface area contributed by atoms with Crippen LogP contribution in [0.15, 0.2) is 41.9 Å². The highest BCUT2D eigenvalue weighted by Gasteiger charge is 2.22. The first kappa shape index (κ1) is 16.2. The van der Waals surface area contributed by atoms with Crippen LogP contribution in [-0.4, -0.2) is 24.0 Å². The first-order valence-electron chi connectivity index (χ1n) is 7.26. The van der Waals surface area contributed by atoms with Crippen molar-refractivity contribution in [1.82, 2.24) is 10.3 Å². The summed E-state index contributed by atoms with van der Waals surface area (Å²) >= 11 is 1.44. The Kier molecular flexibility index (Phi) is 4.61. The number of carbonyl (C=O) groups is 2. The van der Waals surface area contributed by atoms with E-state index in [2.05, 4.69) is 10.3 Å². The van der Waals surface area contributed by atoms with E-state index in [0.717, 1.165) is 4.88 Å². The third-order valence-corrected chi connectivity index (χ3v) is 4.66. The lowest BCUT2D eigenvalue weighted by Crippen LogP contribution is -2.29. The number of H-pyrrole nitrogens is 1. The molecule has 0 spiro atoms. The zero-order valence-corrected chi connectivity index (χ0v) is 13.7. The molecule has 2 heterocycles. The Morgan fingerprint density at radius 1 is 1.38 bits per heavy atom. The predicted molar refractivity (Wildman–Crippen MR) is 89.4 cm³/mol. The molecule has 0 bridgehead atoms. The van der Waals surface area contributed by atoms with E-state index in [1.54, 1.807) is 6.07 Å². The largest absolute Gasteiger partial charge is 0.469 e. The maximum Gasteiger partial charge on any atom is 0.307 e. The number of thiophene rings is 1. The summed E-state index contributed by atoms with van der Waals surface area (Å²) in [5.41, 5.74) is 0.998. The normalized spacial score (nSPS) is 12.1. The molecule has 124 valence electrons. The number of methoxy groups -OCH3 is 1. The van der Waals surface area contributed by atoms with E-state index in [1.807, 2.05) is 17.5 Å². The van der Waals surface area contributed by atoms with Crippen LogP contribution in [0, 0.1) is 5.82 Å². The molecular formula is C17H15FN2O3S. The summed E-state index contributed by atoms with van der Waals surface area (Å²) in [5, 5.41) is 5.19. The molecule has 5 nitrogen and oxygen atoms in total. The van der Waals surface area contributed by atoms with Crippen LogP contribution in [0.4, 0.5) is 4.39 Å². The number of aromatic amines is 1. The predicted octanol–water partition coefficient (Wildman–Crippen LogP) is 3.40. The van der Waals surface area contributed by atoms with Gasteiger partial charge in [0.2, 0.25) is 0 Å². The number of nitrogens with one attached hydrogen (secondary N) is 2. The summed E-state index contributed by atoms with van der Waals surface area (Å²) in [6.45, 7) is 0. The van der Waals surface area contributed by atoms with Gasteiger partial charge in [-0.15, -0.1) is 11.3 Å². The van der Waals surface area contributed by atoms with Gasteiger partial charge < -0.3 is 15.0 Å². The first-order chi connectivity index (χ1) is 11.6. The summed E-state index contributed by atoms with van der Waals surface area (Å²) in [7, 11) is 1.30. The third-order valence-electron chi connectivity index (χ3n) is 3.68. The van der Waals surface area contributed by atoms with Crippen LogP contribution in [0.2, 0.25) is 0 Å². The van der Waals surface area contributed by atoms with Crippen molar-refractivity contribution in [1.29, 1.82) is 0 Å². The molecule has 24 heavy (non-hydrogen) atoms. The van der Waals surface area contributed by atoms with Crippen LogP contribution < -0.4 is 5.32 Å². The topological polar surface area (TPSA) is 71.2 Å². The number of halogens is 1. The Bertz CT molecular complexity index is 873. The van der Waals surface area contributed by atoms with Gasteiger partial charge in [0.1, 0.15) is 5.82 Å².